The van der Waals surface area contributed by atoms with E-state index < -0.39 is 23.2 Å². The van der Waals surface area contributed by atoms with E-state index in [0.717, 1.165) is 18.2 Å². The lowest BCUT2D eigenvalue weighted by Crippen LogP contribution is -2.38. The molecule has 0 aliphatic rings. The number of aliphatic carboxylic acids is 2. The van der Waals surface area contributed by atoms with Gasteiger partial charge >= 0.3 is 11.9 Å². The van der Waals surface area contributed by atoms with Gasteiger partial charge in [0.15, 0.2) is 5.37 Å². The Labute approximate surface area is 104 Å². The number of hydrogen-bond donors (Lipinski definition) is 3. The van der Waals surface area contributed by atoms with Crippen LogP contribution in [0, 0.1) is 0 Å². The van der Waals surface area contributed by atoms with Gasteiger partial charge in [-0.15, -0.1) is 11.8 Å². The van der Waals surface area contributed by atoms with Crippen LogP contribution in [0.5, 0.6) is 0 Å². The molecule has 1 amide bonds. The van der Waals surface area contributed by atoms with E-state index in [-0.39, 0.29) is 19.3 Å². The molecule has 0 aromatic carbocycles. The van der Waals surface area contributed by atoms with E-state index in [1.165, 1.54) is 0 Å². The van der Waals surface area contributed by atoms with Gasteiger partial charge in [-0.3, -0.25) is 9.59 Å². The predicted octanol–water partition coefficient (Wildman–Crippen LogP) is 0.911. The summed E-state index contributed by atoms with van der Waals surface area (Å²) in [6, 6.07) is 0. The molecule has 0 aromatic heterocycles. The fourth-order valence-electron chi connectivity index (χ4n) is 1.03. The average molecular weight is 263 g/mol. The molecule has 0 aromatic rings. The Bertz CT molecular complexity index is 282. The fraction of sp³-hybridized carbons (Fsp3) is 0.700. The van der Waals surface area contributed by atoms with Crippen LogP contribution >= 0.6 is 11.8 Å². The Balaban J connectivity index is 3.95. The normalized spacial score (nSPS) is 11.8. The van der Waals surface area contributed by atoms with Gasteiger partial charge < -0.3 is 15.5 Å². The van der Waals surface area contributed by atoms with E-state index in [0.29, 0.717) is 5.75 Å². The molecule has 1 atom stereocenters. The second-order valence-electron chi connectivity index (χ2n) is 3.40. The SMILES string of the molecule is CCCSC(NC(=O)CCCC(=O)O)C(=O)O. The smallest absolute Gasteiger partial charge is 0.336 e. The van der Waals surface area contributed by atoms with Crippen LogP contribution in [-0.4, -0.2) is 39.2 Å². The summed E-state index contributed by atoms with van der Waals surface area (Å²) in [6.07, 6.45) is 0.977. The highest BCUT2D eigenvalue weighted by Gasteiger charge is 2.19. The third-order valence-electron chi connectivity index (χ3n) is 1.80. The zero-order valence-electron chi connectivity index (χ0n) is 9.64. The van der Waals surface area contributed by atoms with Gasteiger partial charge in [0, 0.05) is 12.8 Å². The summed E-state index contributed by atoms with van der Waals surface area (Å²) in [5.74, 6) is -1.84. The lowest BCUT2D eigenvalue weighted by atomic mass is 10.2. The number of amides is 1. The Hall–Kier alpha value is -1.24. The molecule has 1 unspecified atom stereocenters. The number of rotatable bonds is 9. The molecule has 3 N–H and O–H groups in total. The first-order valence-corrected chi connectivity index (χ1v) is 6.37. The highest BCUT2D eigenvalue weighted by Crippen LogP contribution is 2.10. The summed E-state index contributed by atoms with van der Waals surface area (Å²) in [5, 5.41) is 18.6. The Morgan fingerprint density at radius 3 is 2.35 bits per heavy atom. The predicted molar refractivity (Wildman–Crippen MR) is 63.8 cm³/mol. The van der Waals surface area contributed by atoms with Crippen molar-refractivity contribution in [2.75, 3.05) is 5.75 Å². The summed E-state index contributed by atoms with van der Waals surface area (Å²) >= 11 is 1.15. The second kappa shape index (κ2) is 8.86. The standard InChI is InChI=1S/C10H17NO5S/c1-2-6-17-9(10(15)16)11-7(12)4-3-5-8(13)14/h9H,2-6H2,1H3,(H,11,12)(H,13,14)(H,15,16). The molecule has 0 spiro atoms. The lowest BCUT2D eigenvalue weighted by molar-refractivity contribution is -0.139. The van der Waals surface area contributed by atoms with E-state index >= 15 is 0 Å². The van der Waals surface area contributed by atoms with Crippen LogP contribution in [0.2, 0.25) is 0 Å². The van der Waals surface area contributed by atoms with Crippen LogP contribution in [0.3, 0.4) is 0 Å². The number of nitrogens with one attached hydrogen (secondary N) is 1. The molecule has 0 rings (SSSR count). The Kier molecular flexibility index (Phi) is 8.21. The maximum atomic E-state index is 11.3. The van der Waals surface area contributed by atoms with Crippen molar-refractivity contribution in [1.29, 1.82) is 0 Å². The lowest BCUT2D eigenvalue weighted by Gasteiger charge is -2.13. The molecule has 98 valence electrons. The molecule has 0 aliphatic carbocycles. The molecular formula is C10H17NO5S. The first-order chi connectivity index (χ1) is 7.97. The van der Waals surface area contributed by atoms with Gasteiger partial charge in [-0.2, -0.15) is 0 Å². The van der Waals surface area contributed by atoms with Gasteiger partial charge in [-0.25, -0.2) is 4.79 Å². The number of hydrogen-bond acceptors (Lipinski definition) is 4. The van der Waals surface area contributed by atoms with Crippen LogP contribution in [-0.2, 0) is 14.4 Å². The molecule has 0 fully saturated rings. The molecular weight excluding hydrogens is 246 g/mol. The third-order valence-corrected chi connectivity index (χ3v) is 3.10. The van der Waals surface area contributed by atoms with Crippen molar-refractivity contribution in [3.63, 3.8) is 0 Å². The molecule has 0 aliphatic heterocycles. The van der Waals surface area contributed by atoms with Crippen molar-refractivity contribution in [3.05, 3.63) is 0 Å². The van der Waals surface area contributed by atoms with Crippen molar-refractivity contribution in [1.82, 2.24) is 5.32 Å². The van der Waals surface area contributed by atoms with Crippen LogP contribution in [0.25, 0.3) is 0 Å². The van der Waals surface area contributed by atoms with E-state index in [4.69, 9.17) is 10.2 Å². The molecule has 0 heterocycles. The van der Waals surface area contributed by atoms with Crippen molar-refractivity contribution in [2.45, 2.75) is 38.0 Å². The van der Waals surface area contributed by atoms with Crippen molar-refractivity contribution < 1.29 is 24.6 Å². The highest BCUT2D eigenvalue weighted by molar-refractivity contribution is 8.00. The topological polar surface area (TPSA) is 104 Å². The zero-order chi connectivity index (χ0) is 13.3. The fourth-order valence-corrected chi connectivity index (χ4v) is 1.86. The monoisotopic (exact) mass is 263 g/mol. The summed E-state index contributed by atoms with van der Waals surface area (Å²) < 4.78 is 0. The first-order valence-electron chi connectivity index (χ1n) is 5.33. The number of carbonyl (C=O) groups is 3. The van der Waals surface area contributed by atoms with E-state index in [2.05, 4.69) is 5.32 Å². The third kappa shape index (κ3) is 8.56. The van der Waals surface area contributed by atoms with Crippen LogP contribution in [0.15, 0.2) is 0 Å². The van der Waals surface area contributed by atoms with Crippen molar-refractivity contribution >= 4 is 29.6 Å². The van der Waals surface area contributed by atoms with E-state index in [1.807, 2.05) is 6.92 Å². The number of thioether (sulfide) groups is 1. The van der Waals surface area contributed by atoms with Crippen LogP contribution in [0.1, 0.15) is 32.6 Å². The number of carbonyl (C=O) groups excluding carboxylic acids is 1. The van der Waals surface area contributed by atoms with E-state index in [1.54, 1.807) is 0 Å². The van der Waals surface area contributed by atoms with Crippen LogP contribution in [0.4, 0.5) is 0 Å². The van der Waals surface area contributed by atoms with Crippen LogP contribution < -0.4 is 5.32 Å². The number of carboxylic acids is 2. The minimum absolute atomic E-state index is 0.0305. The highest BCUT2D eigenvalue weighted by atomic mass is 32.2. The minimum atomic E-state index is -1.09. The Morgan fingerprint density at radius 2 is 1.88 bits per heavy atom. The molecule has 0 radical (unpaired) electrons. The van der Waals surface area contributed by atoms with Gasteiger partial charge in [-0.05, 0) is 18.6 Å². The molecule has 0 saturated heterocycles. The Morgan fingerprint density at radius 1 is 1.24 bits per heavy atom. The maximum absolute atomic E-state index is 11.3. The summed E-state index contributed by atoms with van der Waals surface area (Å²) in [4.78, 5) is 32.3. The van der Waals surface area contributed by atoms with Gasteiger partial charge in [0.05, 0.1) is 0 Å². The molecule has 17 heavy (non-hydrogen) atoms. The first kappa shape index (κ1) is 15.8. The molecule has 6 nitrogen and oxygen atoms in total. The van der Waals surface area contributed by atoms with Gasteiger partial charge in [0.25, 0.3) is 0 Å². The van der Waals surface area contributed by atoms with Gasteiger partial charge in [0.2, 0.25) is 5.91 Å². The summed E-state index contributed by atoms with van der Waals surface area (Å²) in [6.45, 7) is 1.92. The minimum Gasteiger partial charge on any atom is -0.481 e. The van der Waals surface area contributed by atoms with Gasteiger partial charge in [0.1, 0.15) is 0 Å². The second-order valence-corrected chi connectivity index (χ2v) is 4.62. The van der Waals surface area contributed by atoms with Crippen molar-refractivity contribution in [3.8, 4) is 0 Å². The largest absolute Gasteiger partial charge is 0.481 e. The zero-order valence-corrected chi connectivity index (χ0v) is 10.5. The van der Waals surface area contributed by atoms with Crippen molar-refractivity contribution in [2.24, 2.45) is 0 Å². The van der Waals surface area contributed by atoms with Gasteiger partial charge in [-0.1, -0.05) is 6.92 Å². The summed E-state index contributed by atoms with van der Waals surface area (Å²) in [7, 11) is 0. The number of carboxylic acid groups (broad SMARTS) is 2. The van der Waals surface area contributed by atoms with E-state index in [9.17, 15) is 14.4 Å². The molecule has 0 saturated carbocycles. The quantitative estimate of drug-likeness (QED) is 0.534. The molecule has 0 bridgehead atoms. The maximum Gasteiger partial charge on any atom is 0.336 e. The average Bonchev–Trinajstić information content (AvgIpc) is 2.23. The molecule has 7 heteroatoms. The summed E-state index contributed by atoms with van der Waals surface area (Å²) in [5.41, 5.74) is 0.